The van der Waals surface area contributed by atoms with E-state index in [-0.39, 0.29) is 12.2 Å². The molecule has 0 N–H and O–H groups in total. The minimum Gasteiger partial charge on any atom is -0.384 e. The maximum Gasteiger partial charge on any atom is 0.156 e. The van der Waals surface area contributed by atoms with Gasteiger partial charge in [-0.1, -0.05) is 38.1 Å². The van der Waals surface area contributed by atoms with Crippen molar-refractivity contribution in [2.45, 2.75) is 32.1 Å². The van der Waals surface area contributed by atoms with Crippen molar-refractivity contribution in [1.29, 1.82) is 5.26 Å². The van der Waals surface area contributed by atoms with E-state index in [1.54, 1.807) is 7.11 Å². The second kappa shape index (κ2) is 6.93. The number of rotatable bonds is 6. The first kappa shape index (κ1) is 14.4. The number of ether oxygens (including phenoxy) is 1. The molecule has 0 amide bonds. The van der Waals surface area contributed by atoms with E-state index in [1.165, 1.54) is 5.56 Å². The van der Waals surface area contributed by atoms with Crippen LogP contribution in [0.4, 0.5) is 0 Å². The van der Waals surface area contributed by atoms with E-state index < -0.39 is 5.92 Å². The van der Waals surface area contributed by atoms with Crippen LogP contribution in [-0.2, 0) is 9.53 Å². The maximum absolute atomic E-state index is 11.8. The van der Waals surface area contributed by atoms with Crippen LogP contribution < -0.4 is 0 Å². The van der Waals surface area contributed by atoms with Crippen molar-refractivity contribution < 1.29 is 9.53 Å². The molecule has 1 atom stereocenters. The topological polar surface area (TPSA) is 50.1 Å². The SMILES string of the molecule is COCCC(=O)C(C#N)c1ccc(C(C)C)cc1. The zero-order chi connectivity index (χ0) is 13.5. The first-order valence-electron chi connectivity index (χ1n) is 6.11. The second-order valence-corrected chi connectivity index (χ2v) is 4.59. The van der Waals surface area contributed by atoms with Crippen LogP contribution >= 0.6 is 0 Å². The Morgan fingerprint density at radius 1 is 1.28 bits per heavy atom. The van der Waals surface area contributed by atoms with E-state index in [0.717, 1.165) is 5.56 Å². The quantitative estimate of drug-likeness (QED) is 0.774. The summed E-state index contributed by atoms with van der Waals surface area (Å²) >= 11 is 0. The summed E-state index contributed by atoms with van der Waals surface area (Å²) in [6.45, 7) is 4.59. The van der Waals surface area contributed by atoms with Crippen LogP contribution in [0.5, 0.6) is 0 Å². The van der Waals surface area contributed by atoms with Gasteiger partial charge in [0.15, 0.2) is 5.78 Å². The van der Waals surface area contributed by atoms with Gasteiger partial charge in [-0.25, -0.2) is 0 Å². The van der Waals surface area contributed by atoms with Crippen LogP contribution in [-0.4, -0.2) is 19.5 Å². The molecule has 1 aromatic carbocycles. The summed E-state index contributed by atoms with van der Waals surface area (Å²) in [4.78, 5) is 11.8. The minimum atomic E-state index is -0.679. The molecule has 3 heteroatoms. The highest BCUT2D eigenvalue weighted by Crippen LogP contribution is 2.21. The van der Waals surface area contributed by atoms with Crippen molar-refractivity contribution in [3.8, 4) is 6.07 Å². The molecule has 0 heterocycles. The third-order valence-corrected chi connectivity index (χ3v) is 2.94. The van der Waals surface area contributed by atoms with Crippen LogP contribution in [0.3, 0.4) is 0 Å². The zero-order valence-electron chi connectivity index (χ0n) is 11.1. The van der Waals surface area contributed by atoms with Crippen LogP contribution in [0.15, 0.2) is 24.3 Å². The Kier molecular flexibility index (Phi) is 5.54. The molecular formula is C15H19NO2. The predicted octanol–water partition coefficient (Wildman–Crippen LogP) is 3.02. The average molecular weight is 245 g/mol. The third-order valence-electron chi connectivity index (χ3n) is 2.94. The molecule has 0 aliphatic heterocycles. The molecular weight excluding hydrogens is 226 g/mol. The third kappa shape index (κ3) is 3.68. The number of ketones is 1. The maximum atomic E-state index is 11.8. The molecule has 96 valence electrons. The summed E-state index contributed by atoms with van der Waals surface area (Å²) in [5, 5.41) is 9.12. The summed E-state index contributed by atoms with van der Waals surface area (Å²) in [6, 6.07) is 9.77. The van der Waals surface area contributed by atoms with Gasteiger partial charge in [0.05, 0.1) is 12.7 Å². The molecule has 0 spiro atoms. The standard InChI is InChI=1S/C15H19NO2/c1-11(2)12-4-6-13(7-5-12)14(10-16)15(17)8-9-18-3/h4-7,11,14H,8-9H2,1-3H3. The Hall–Kier alpha value is -1.66. The van der Waals surface area contributed by atoms with Gasteiger partial charge in [0, 0.05) is 13.5 Å². The lowest BCUT2D eigenvalue weighted by molar-refractivity contribution is -0.120. The van der Waals surface area contributed by atoms with Gasteiger partial charge >= 0.3 is 0 Å². The fourth-order valence-electron chi connectivity index (χ4n) is 1.75. The fourth-order valence-corrected chi connectivity index (χ4v) is 1.75. The van der Waals surface area contributed by atoms with Gasteiger partial charge in [-0.2, -0.15) is 5.26 Å². The van der Waals surface area contributed by atoms with Gasteiger partial charge in [0.2, 0.25) is 0 Å². The fraction of sp³-hybridized carbons (Fsp3) is 0.467. The molecule has 1 aromatic rings. The number of nitriles is 1. The Labute approximate surface area is 108 Å². The molecule has 0 saturated heterocycles. The lowest BCUT2D eigenvalue weighted by atomic mass is 9.92. The number of carbonyl (C=O) groups is 1. The van der Waals surface area contributed by atoms with Gasteiger partial charge in [-0.05, 0) is 17.0 Å². The van der Waals surface area contributed by atoms with E-state index in [9.17, 15) is 4.79 Å². The van der Waals surface area contributed by atoms with E-state index >= 15 is 0 Å². The molecule has 0 bridgehead atoms. The molecule has 0 aromatic heterocycles. The number of Topliss-reactive ketones (excluding diaryl/α,β-unsaturated/α-hetero) is 1. The summed E-state index contributed by atoms with van der Waals surface area (Å²) in [5.41, 5.74) is 1.97. The molecule has 0 aliphatic carbocycles. The Bertz CT molecular complexity index is 429. The average Bonchev–Trinajstić information content (AvgIpc) is 2.37. The number of hydrogen-bond acceptors (Lipinski definition) is 3. The summed E-state index contributed by atoms with van der Waals surface area (Å²) in [5.74, 6) is -0.318. The van der Waals surface area contributed by atoms with Crippen molar-refractivity contribution in [3.05, 3.63) is 35.4 Å². The largest absolute Gasteiger partial charge is 0.384 e. The van der Waals surface area contributed by atoms with Gasteiger partial charge in [-0.3, -0.25) is 4.79 Å². The molecule has 0 fully saturated rings. The highest BCUT2D eigenvalue weighted by Gasteiger charge is 2.19. The number of methoxy groups -OCH3 is 1. The van der Waals surface area contributed by atoms with Gasteiger partial charge in [-0.15, -0.1) is 0 Å². The van der Waals surface area contributed by atoms with E-state index in [0.29, 0.717) is 12.5 Å². The van der Waals surface area contributed by atoms with Gasteiger partial charge in [0.1, 0.15) is 5.92 Å². The van der Waals surface area contributed by atoms with Gasteiger partial charge < -0.3 is 4.74 Å². The van der Waals surface area contributed by atoms with Crippen LogP contribution in [0, 0.1) is 11.3 Å². The number of hydrogen-bond donors (Lipinski definition) is 0. The number of benzene rings is 1. The lowest BCUT2D eigenvalue weighted by Crippen LogP contribution is -2.13. The molecule has 0 radical (unpaired) electrons. The molecule has 1 rings (SSSR count). The Balaban J connectivity index is 2.83. The van der Waals surface area contributed by atoms with E-state index in [2.05, 4.69) is 19.9 Å². The van der Waals surface area contributed by atoms with Crippen LogP contribution in [0.25, 0.3) is 0 Å². The molecule has 3 nitrogen and oxygen atoms in total. The zero-order valence-corrected chi connectivity index (χ0v) is 11.1. The number of nitrogens with zero attached hydrogens (tertiary/aromatic N) is 1. The van der Waals surface area contributed by atoms with Crippen molar-refractivity contribution in [1.82, 2.24) is 0 Å². The van der Waals surface area contributed by atoms with E-state index in [1.807, 2.05) is 24.3 Å². The van der Waals surface area contributed by atoms with Crippen molar-refractivity contribution >= 4 is 5.78 Å². The molecule has 18 heavy (non-hydrogen) atoms. The summed E-state index contributed by atoms with van der Waals surface area (Å²) < 4.78 is 4.86. The smallest absolute Gasteiger partial charge is 0.156 e. The minimum absolute atomic E-state index is 0.0864. The Morgan fingerprint density at radius 3 is 2.28 bits per heavy atom. The van der Waals surface area contributed by atoms with E-state index in [4.69, 9.17) is 10.00 Å². The van der Waals surface area contributed by atoms with Gasteiger partial charge in [0.25, 0.3) is 0 Å². The molecule has 0 saturated carbocycles. The molecule has 1 unspecified atom stereocenters. The number of carbonyl (C=O) groups excluding carboxylic acids is 1. The first-order chi connectivity index (χ1) is 8.60. The highest BCUT2D eigenvalue weighted by atomic mass is 16.5. The van der Waals surface area contributed by atoms with Crippen molar-refractivity contribution in [2.75, 3.05) is 13.7 Å². The normalized spacial score (nSPS) is 12.2. The summed E-state index contributed by atoms with van der Waals surface area (Å²) in [7, 11) is 1.55. The second-order valence-electron chi connectivity index (χ2n) is 4.59. The molecule has 0 aliphatic rings. The predicted molar refractivity (Wildman–Crippen MR) is 70.4 cm³/mol. The van der Waals surface area contributed by atoms with Crippen LogP contribution in [0.2, 0.25) is 0 Å². The Morgan fingerprint density at radius 2 is 1.83 bits per heavy atom. The highest BCUT2D eigenvalue weighted by molar-refractivity contribution is 5.88. The first-order valence-corrected chi connectivity index (χ1v) is 6.11. The summed E-state index contributed by atoms with van der Waals surface area (Å²) in [6.07, 6.45) is 0.278. The van der Waals surface area contributed by atoms with Crippen molar-refractivity contribution in [3.63, 3.8) is 0 Å². The van der Waals surface area contributed by atoms with Crippen LogP contribution in [0.1, 0.15) is 43.2 Å². The van der Waals surface area contributed by atoms with Crippen molar-refractivity contribution in [2.24, 2.45) is 0 Å². The monoisotopic (exact) mass is 245 g/mol. The lowest BCUT2D eigenvalue weighted by Gasteiger charge is -2.10.